The van der Waals surface area contributed by atoms with Crippen molar-refractivity contribution in [2.24, 2.45) is 0 Å². The quantitative estimate of drug-likeness (QED) is 0.566. The number of hydrogen-bond acceptors (Lipinski definition) is 5. The van der Waals surface area contributed by atoms with Crippen LogP contribution in [0, 0.1) is 0 Å². The molecule has 0 radical (unpaired) electrons. The number of amides is 2. The highest BCUT2D eigenvalue weighted by atomic mass is 16.5. The number of carbonyl (C=O) groups is 3. The molecular weight excluding hydrogens is 376 g/mol. The topological polar surface area (TPSA) is 123 Å². The second-order valence-corrected chi connectivity index (χ2v) is 5.92. The van der Waals surface area contributed by atoms with Crippen LogP contribution in [0.25, 0.3) is 5.69 Å². The van der Waals surface area contributed by atoms with Crippen LogP contribution in [0.15, 0.2) is 66.9 Å². The highest BCUT2D eigenvalue weighted by Gasteiger charge is 2.21. The summed E-state index contributed by atoms with van der Waals surface area (Å²) >= 11 is 0. The fourth-order valence-corrected chi connectivity index (χ4v) is 2.51. The Hall–Kier alpha value is -4.14. The Bertz CT molecular complexity index is 1000. The van der Waals surface area contributed by atoms with Gasteiger partial charge in [-0.25, -0.2) is 9.48 Å². The Balaban J connectivity index is 1.81. The molecule has 9 nitrogen and oxygen atoms in total. The Morgan fingerprint density at radius 2 is 1.66 bits per heavy atom. The van der Waals surface area contributed by atoms with Crippen LogP contribution in [0.2, 0.25) is 0 Å². The van der Waals surface area contributed by atoms with Crippen LogP contribution >= 0.6 is 0 Å². The van der Waals surface area contributed by atoms with E-state index in [9.17, 15) is 14.4 Å². The summed E-state index contributed by atoms with van der Waals surface area (Å²) in [6, 6.07) is 18.0. The molecule has 148 valence electrons. The van der Waals surface area contributed by atoms with Gasteiger partial charge in [0.25, 0.3) is 5.91 Å². The predicted octanol–water partition coefficient (Wildman–Crippen LogP) is 2.44. The summed E-state index contributed by atoms with van der Waals surface area (Å²) in [4.78, 5) is 35.4. The summed E-state index contributed by atoms with van der Waals surface area (Å²) in [6.45, 7) is -0.514. The molecule has 0 spiro atoms. The van der Waals surface area contributed by atoms with Crippen molar-refractivity contribution in [1.29, 1.82) is 0 Å². The van der Waals surface area contributed by atoms with Crippen molar-refractivity contribution in [1.82, 2.24) is 15.1 Å². The standard InChI is InChI=1S/C20H18N4O5/c25-17(26)12-21-19(27)16-11-22-24(15-9-5-2-6-10-15)18(16)23-20(28)29-13-14-7-3-1-4-8-14/h1-11H,12-13H2,(H,21,27)(H,23,28)(H,25,26). The van der Waals surface area contributed by atoms with Gasteiger partial charge >= 0.3 is 12.1 Å². The summed E-state index contributed by atoms with van der Waals surface area (Å²) in [5.74, 6) is -1.81. The number of nitrogens with zero attached hydrogens (tertiary/aromatic N) is 2. The average Bonchev–Trinajstić information content (AvgIpc) is 3.15. The first-order valence-electron chi connectivity index (χ1n) is 8.65. The molecule has 0 fully saturated rings. The van der Waals surface area contributed by atoms with E-state index in [4.69, 9.17) is 9.84 Å². The van der Waals surface area contributed by atoms with Crippen LogP contribution in [0.1, 0.15) is 15.9 Å². The van der Waals surface area contributed by atoms with Gasteiger partial charge < -0.3 is 15.2 Å². The maximum absolute atomic E-state index is 12.4. The zero-order valence-electron chi connectivity index (χ0n) is 15.2. The van der Waals surface area contributed by atoms with Crippen LogP contribution in [-0.2, 0) is 16.1 Å². The van der Waals surface area contributed by atoms with E-state index in [0.717, 1.165) is 5.56 Å². The third kappa shape index (κ3) is 5.19. The summed E-state index contributed by atoms with van der Waals surface area (Å²) < 4.78 is 6.57. The van der Waals surface area contributed by atoms with Gasteiger partial charge in [-0.15, -0.1) is 0 Å². The van der Waals surface area contributed by atoms with Crippen molar-refractivity contribution in [2.75, 3.05) is 11.9 Å². The van der Waals surface area contributed by atoms with Crippen molar-refractivity contribution < 1.29 is 24.2 Å². The van der Waals surface area contributed by atoms with E-state index < -0.39 is 24.5 Å². The molecule has 9 heteroatoms. The van der Waals surface area contributed by atoms with Gasteiger partial charge in [-0.1, -0.05) is 48.5 Å². The zero-order chi connectivity index (χ0) is 20.6. The summed E-state index contributed by atoms with van der Waals surface area (Å²) in [6.07, 6.45) is 0.468. The SMILES string of the molecule is O=C(O)CNC(=O)c1cnn(-c2ccccc2)c1NC(=O)OCc1ccccc1. The lowest BCUT2D eigenvalue weighted by atomic mass is 10.2. The maximum Gasteiger partial charge on any atom is 0.413 e. The van der Waals surface area contributed by atoms with Gasteiger partial charge in [0, 0.05) is 0 Å². The van der Waals surface area contributed by atoms with Gasteiger partial charge in [0.2, 0.25) is 0 Å². The molecule has 0 unspecified atom stereocenters. The fraction of sp³-hybridized carbons (Fsp3) is 0.100. The van der Waals surface area contributed by atoms with Gasteiger partial charge in [-0.3, -0.25) is 14.9 Å². The van der Waals surface area contributed by atoms with Crippen LogP contribution in [0.5, 0.6) is 0 Å². The van der Waals surface area contributed by atoms with E-state index in [-0.39, 0.29) is 18.0 Å². The number of nitrogens with one attached hydrogen (secondary N) is 2. The van der Waals surface area contributed by atoms with E-state index >= 15 is 0 Å². The van der Waals surface area contributed by atoms with E-state index in [2.05, 4.69) is 15.7 Å². The lowest BCUT2D eigenvalue weighted by Gasteiger charge is -2.11. The predicted molar refractivity (Wildman–Crippen MR) is 104 cm³/mol. The summed E-state index contributed by atoms with van der Waals surface area (Å²) in [5.41, 5.74) is 1.41. The van der Waals surface area contributed by atoms with E-state index in [1.807, 2.05) is 36.4 Å². The van der Waals surface area contributed by atoms with E-state index in [1.165, 1.54) is 10.9 Å². The van der Waals surface area contributed by atoms with Gasteiger partial charge in [0.15, 0.2) is 5.82 Å². The van der Waals surface area contributed by atoms with E-state index in [1.54, 1.807) is 24.3 Å². The van der Waals surface area contributed by atoms with Crippen molar-refractivity contribution >= 4 is 23.8 Å². The number of ether oxygens (including phenoxy) is 1. The number of rotatable bonds is 7. The summed E-state index contributed by atoms with van der Waals surface area (Å²) in [5, 5.41) is 17.7. The van der Waals surface area contributed by atoms with Crippen LogP contribution < -0.4 is 10.6 Å². The van der Waals surface area contributed by atoms with Crippen molar-refractivity contribution in [2.45, 2.75) is 6.61 Å². The van der Waals surface area contributed by atoms with Crippen LogP contribution in [-0.4, -0.2) is 39.4 Å². The van der Waals surface area contributed by atoms with Crippen LogP contribution in [0.3, 0.4) is 0 Å². The number of carbonyl (C=O) groups excluding carboxylic acids is 2. The number of anilines is 1. The second-order valence-electron chi connectivity index (χ2n) is 5.92. The Morgan fingerprint density at radius 1 is 1.00 bits per heavy atom. The average molecular weight is 394 g/mol. The lowest BCUT2D eigenvalue weighted by Crippen LogP contribution is -2.30. The number of carboxylic acids is 1. The monoisotopic (exact) mass is 394 g/mol. The Labute approximate surface area is 165 Å². The Morgan fingerprint density at radius 3 is 2.31 bits per heavy atom. The third-order valence-corrected chi connectivity index (χ3v) is 3.85. The third-order valence-electron chi connectivity index (χ3n) is 3.85. The van der Waals surface area contributed by atoms with Crippen molar-refractivity contribution in [3.8, 4) is 5.69 Å². The number of aliphatic carboxylic acids is 1. The Kier molecular flexibility index (Phi) is 6.21. The molecule has 0 aliphatic rings. The van der Waals surface area contributed by atoms with Gasteiger partial charge in [0.05, 0.1) is 11.9 Å². The normalized spacial score (nSPS) is 10.2. The minimum absolute atomic E-state index is 0.00626. The molecule has 29 heavy (non-hydrogen) atoms. The second kappa shape index (κ2) is 9.18. The molecule has 1 heterocycles. The lowest BCUT2D eigenvalue weighted by molar-refractivity contribution is -0.135. The number of para-hydroxylation sites is 1. The molecule has 2 amide bonds. The molecule has 0 atom stereocenters. The molecule has 3 rings (SSSR count). The van der Waals surface area contributed by atoms with Gasteiger partial charge in [0.1, 0.15) is 18.7 Å². The highest BCUT2D eigenvalue weighted by molar-refractivity contribution is 6.02. The number of carboxylic acid groups (broad SMARTS) is 1. The molecular formula is C20H18N4O5. The first-order valence-corrected chi connectivity index (χ1v) is 8.65. The number of aromatic nitrogens is 2. The van der Waals surface area contributed by atoms with Gasteiger partial charge in [-0.05, 0) is 17.7 Å². The molecule has 1 aromatic heterocycles. The largest absolute Gasteiger partial charge is 0.480 e. The first-order chi connectivity index (χ1) is 14.0. The minimum Gasteiger partial charge on any atom is -0.480 e. The van der Waals surface area contributed by atoms with Crippen molar-refractivity contribution in [3.63, 3.8) is 0 Å². The minimum atomic E-state index is -1.19. The molecule has 0 bridgehead atoms. The maximum atomic E-state index is 12.4. The molecule has 3 aromatic rings. The number of hydrogen-bond donors (Lipinski definition) is 3. The fourth-order valence-electron chi connectivity index (χ4n) is 2.51. The van der Waals surface area contributed by atoms with E-state index in [0.29, 0.717) is 5.69 Å². The molecule has 0 aliphatic carbocycles. The molecule has 2 aromatic carbocycles. The van der Waals surface area contributed by atoms with Crippen LogP contribution in [0.4, 0.5) is 10.6 Å². The number of benzene rings is 2. The molecule has 0 saturated carbocycles. The smallest absolute Gasteiger partial charge is 0.413 e. The first kappa shape index (κ1) is 19.6. The summed E-state index contributed by atoms with van der Waals surface area (Å²) in [7, 11) is 0. The molecule has 0 saturated heterocycles. The highest BCUT2D eigenvalue weighted by Crippen LogP contribution is 2.20. The zero-order valence-corrected chi connectivity index (χ0v) is 15.2. The van der Waals surface area contributed by atoms with Gasteiger partial charge in [-0.2, -0.15) is 5.10 Å². The molecule has 0 aliphatic heterocycles. The molecule has 3 N–H and O–H groups in total. The van der Waals surface area contributed by atoms with Crippen molar-refractivity contribution in [3.05, 3.63) is 78.0 Å².